The Bertz CT molecular complexity index is 386. The molecule has 0 radical (unpaired) electrons. The monoisotopic (exact) mass is 217 g/mol. The molecule has 3 nitrogen and oxygen atoms in total. The first kappa shape index (κ1) is 10.9. The maximum atomic E-state index is 11.6. The number of carbonyl (C=O) groups excluding carboxylic acids is 1. The number of hydrogen-bond donors (Lipinski definition) is 0. The lowest BCUT2D eigenvalue weighted by Gasteiger charge is -2.26. The van der Waals surface area contributed by atoms with Gasteiger partial charge in [0.1, 0.15) is 6.61 Å². The molecule has 2 rings (SSSR count). The highest BCUT2D eigenvalue weighted by Crippen LogP contribution is 2.16. The summed E-state index contributed by atoms with van der Waals surface area (Å²) in [6.07, 6.45) is 1.71. The second kappa shape index (κ2) is 4.94. The summed E-state index contributed by atoms with van der Waals surface area (Å²) in [6, 6.07) is 9.81. The molecule has 3 heteroatoms. The van der Waals surface area contributed by atoms with Gasteiger partial charge in [-0.1, -0.05) is 36.9 Å². The van der Waals surface area contributed by atoms with Crippen LogP contribution in [0.3, 0.4) is 0 Å². The first-order valence-electron chi connectivity index (χ1n) is 5.44. The fraction of sp³-hybridized carbons (Fsp3) is 0.308. The molecule has 0 N–H and O–H groups in total. The third-order valence-electron chi connectivity index (χ3n) is 2.60. The zero-order valence-corrected chi connectivity index (χ0v) is 9.19. The molecule has 1 aromatic carbocycles. The maximum absolute atomic E-state index is 11.6. The molecule has 1 aromatic rings. The van der Waals surface area contributed by atoms with Crippen LogP contribution in [0.2, 0.25) is 0 Å². The maximum Gasteiger partial charge on any atom is 0.272 e. The van der Waals surface area contributed by atoms with Crippen LogP contribution in [0.25, 0.3) is 0 Å². The third-order valence-corrected chi connectivity index (χ3v) is 2.60. The van der Waals surface area contributed by atoms with Crippen LogP contribution in [0, 0.1) is 0 Å². The van der Waals surface area contributed by atoms with E-state index < -0.39 is 0 Å². The van der Waals surface area contributed by atoms with Crippen molar-refractivity contribution in [1.29, 1.82) is 0 Å². The van der Waals surface area contributed by atoms with Gasteiger partial charge in [0.05, 0.1) is 0 Å². The van der Waals surface area contributed by atoms with Crippen LogP contribution in [-0.4, -0.2) is 17.5 Å². The predicted molar refractivity (Wildman–Crippen MR) is 61.3 cm³/mol. The van der Waals surface area contributed by atoms with Gasteiger partial charge in [-0.05, 0) is 18.4 Å². The fourth-order valence-electron chi connectivity index (χ4n) is 1.67. The van der Waals surface area contributed by atoms with Gasteiger partial charge < -0.3 is 0 Å². The summed E-state index contributed by atoms with van der Waals surface area (Å²) in [4.78, 5) is 17.1. The lowest BCUT2D eigenvalue weighted by molar-refractivity contribution is -0.190. The van der Waals surface area contributed by atoms with Crippen LogP contribution >= 0.6 is 0 Å². The molecule has 84 valence electrons. The summed E-state index contributed by atoms with van der Waals surface area (Å²) in [5.74, 6) is -0.0813. The molecule has 1 fully saturated rings. The van der Waals surface area contributed by atoms with E-state index in [9.17, 15) is 4.79 Å². The van der Waals surface area contributed by atoms with Crippen molar-refractivity contribution in [3.05, 3.63) is 48.0 Å². The number of rotatable bonds is 3. The third kappa shape index (κ3) is 2.49. The Morgan fingerprint density at radius 3 is 2.81 bits per heavy atom. The van der Waals surface area contributed by atoms with E-state index in [0.717, 1.165) is 18.4 Å². The van der Waals surface area contributed by atoms with Gasteiger partial charge in [0.2, 0.25) is 0 Å². The molecule has 0 aromatic heterocycles. The van der Waals surface area contributed by atoms with Crippen molar-refractivity contribution in [2.45, 2.75) is 19.4 Å². The van der Waals surface area contributed by atoms with Crippen molar-refractivity contribution >= 4 is 5.91 Å². The number of nitrogens with zero attached hydrogens (tertiary/aromatic N) is 1. The standard InChI is InChI=1S/C13H15NO2/c1-11-6-5-9-14(13(11)15)16-10-12-7-3-2-4-8-12/h2-4,7-8H,1,5-6,9-10H2. The molecule has 0 unspecified atom stereocenters. The van der Waals surface area contributed by atoms with Gasteiger partial charge in [0.25, 0.3) is 5.91 Å². The molecule has 1 amide bonds. The van der Waals surface area contributed by atoms with Gasteiger partial charge in [0, 0.05) is 12.1 Å². The first-order chi connectivity index (χ1) is 7.77. The molecule has 0 aliphatic carbocycles. The normalized spacial score (nSPS) is 16.6. The Morgan fingerprint density at radius 1 is 1.31 bits per heavy atom. The largest absolute Gasteiger partial charge is 0.272 e. The lowest BCUT2D eigenvalue weighted by atomic mass is 10.1. The van der Waals surface area contributed by atoms with Gasteiger partial charge in [0.15, 0.2) is 0 Å². The molecule has 16 heavy (non-hydrogen) atoms. The van der Waals surface area contributed by atoms with Crippen LogP contribution in [0.1, 0.15) is 18.4 Å². The minimum atomic E-state index is -0.0813. The van der Waals surface area contributed by atoms with Crippen molar-refractivity contribution in [2.24, 2.45) is 0 Å². The van der Waals surface area contributed by atoms with Crippen molar-refractivity contribution in [3.63, 3.8) is 0 Å². The van der Waals surface area contributed by atoms with Crippen molar-refractivity contribution < 1.29 is 9.63 Å². The van der Waals surface area contributed by atoms with Gasteiger partial charge in [-0.25, -0.2) is 5.06 Å². The fourth-order valence-corrected chi connectivity index (χ4v) is 1.67. The molecule has 0 bridgehead atoms. The van der Waals surface area contributed by atoms with E-state index in [1.54, 1.807) is 0 Å². The minimum Gasteiger partial charge on any atom is -0.267 e. The van der Waals surface area contributed by atoms with E-state index in [1.807, 2.05) is 30.3 Å². The average Bonchev–Trinajstić information content (AvgIpc) is 2.32. The van der Waals surface area contributed by atoms with Gasteiger partial charge in [-0.3, -0.25) is 9.63 Å². The summed E-state index contributed by atoms with van der Waals surface area (Å²) in [5, 5.41) is 1.42. The van der Waals surface area contributed by atoms with E-state index in [2.05, 4.69) is 6.58 Å². The summed E-state index contributed by atoms with van der Waals surface area (Å²) in [7, 11) is 0. The zero-order valence-electron chi connectivity index (χ0n) is 9.19. The number of hydrogen-bond acceptors (Lipinski definition) is 2. The van der Waals surface area contributed by atoms with E-state index in [1.165, 1.54) is 5.06 Å². The van der Waals surface area contributed by atoms with Gasteiger partial charge in [-0.15, -0.1) is 0 Å². The molecule has 1 saturated heterocycles. The van der Waals surface area contributed by atoms with Crippen LogP contribution in [0.4, 0.5) is 0 Å². The SMILES string of the molecule is C=C1CCCN(OCc2ccccc2)C1=O. The van der Waals surface area contributed by atoms with Crippen LogP contribution in [-0.2, 0) is 16.2 Å². The Hall–Kier alpha value is -1.61. The molecule has 1 heterocycles. The summed E-state index contributed by atoms with van der Waals surface area (Å²) in [5.41, 5.74) is 1.70. The van der Waals surface area contributed by atoms with Crippen molar-refractivity contribution in [1.82, 2.24) is 5.06 Å². The highest BCUT2D eigenvalue weighted by Gasteiger charge is 2.22. The van der Waals surface area contributed by atoms with E-state index in [0.29, 0.717) is 18.7 Å². The topological polar surface area (TPSA) is 29.5 Å². The predicted octanol–water partition coefficient (Wildman–Crippen LogP) is 2.30. The van der Waals surface area contributed by atoms with Gasteiger partial charge >= 0.3 is 0 Å². The van der Waals surface area contributed by atoms with Crippen molar-refractivity contribution in [2.75, 3.05) is 6.54 Å². The summed E-state index contributed by atoms with van der Waals surface area (Å²) >= 11 is 0. The average molecular weight is 217 g/mol. The second-order valence-electron chi connectivity index (χ2n) is 3.87. The van der Waals surface area contributed by atoms with Crippen molar-refractivity contribution in [3.8, 4) is 0 Å². The van der Waals surface area contributed by atoms with Crippen LogP contribution in [0.15, 0.2) is 42.5 Å². The van der Waals surface area contributed by atoms with E-state index in [4.69, 9.17) is 4.84 Å². The lowest BCUT2D eigenvalue weighted by Crippen LogP contribution is -2.36. The molecule has 0 saturated carbocycles. The van der Waals surface area contributed by atoms with Crippen LogP contribution in [0.5, 0.6) is 0 Å². The smallest absolute Gasteiger partial charge is 0.267 e. The minimum absolute atomic E-state index is 0.0813. The first-order valence-corrected chi connectivity index (χ1v) is 5.44. The zero-order chi connectivity index (χ0) is 11.4. The quantitative estimate of drug-likeness (QED) is 0.727. The van der Waals surface area contributed by atoms with E-state index in [-0.39, 0.29) is 5.91 Å². The highest BCUT2D eigenvalue weighted by molar-refractivity contribution is 5.92. The number of hydroxylamine groups is 2. The second-order valence-corrected chi connectivity index (χ2v) is 3.87. The molecular weight excluding hydrogens is 202 g/mol. The van der Waals surface area contributed by atoms with E-state index >= 15 is 0 Å². The number of benzene rings is 1. The Morgan fingerprint density at radius 2 is 2.06 bits per heavy atom. The van der Waals surface area contributed by atoms with Crippen LogP contribution < -0.4 is 0 Å². The number of piperidine rings is 1. The molecule has 0 spiro atoms. The highest BCUT2D eigenvalue weighted by atomic mass is 16.7. The molecular formula is C13H15NO2. The van der Waals surface area contributed by atoms with Gasteiger partial charge in [-0.2, -0.15) is 0 Å². The Labute approximate surface area is 95.3 Å². The Kier molecular flexibility index (Phi) is 3.37. The Balaban J connectivity index is 1.90. The molecule has 0 atom stereocenters. The number of amides is 1. The summed E-state index contributed by atoms with van der Waals surface area (Å²) < 4.78 is 0. The molecule has 1 aliphatic rings. The number of carbonyl (C=O) groups is 1. The molecule has 1 aliphatic heterocycles. The summed E-state index contributed by atoms with van der Waals surface area (Å²) in [6.45, 7) is 4.82.